The van der Waals surface area contributed by atoms with Crippen molar-refractivity contribution in [3.8, 4) is 0 Å². The first-order chi connectivity index (χ1) is 5.63. The van der Waals surface area contributed by atoms with Crippen LogP contribution in [0.3, 0.4) is 0 Å². The predicted molar refractivity (Wildman–Crippen MR) is 54.9 cm³/mol. The summed E-state index contributed by atoms with van der Waals surface area (Å²) in [6.07, 6.45) is 7.06. The molecule has 0 aromatic heterocycles. The molecule has 0 spiro atoms. The average Bonchev–Trinajstić information content (AvgIpc) is 2.03. The van der Waals surface area contributed by atoms with Crippen LogP contribution < -0.4 is 0 Å². The maximum Gasteiger partial charge on any atom is 0.243 e. The molecule has 2 nitrogen and oxygen atoms in total. The first-order valence-electron chi connectivity index (χ1n) is 3.89. The predicted octanol–water partition coefficient (Wildman–Crippen LogP) is 2.20. The fraction of sp³-hybridized carbons (Fsp3) is 0.444. The van der Waals surface area contributed by atoms with E-state index in [2.05, 4.69) is 12.6 Å². The molecule has 0 aliphatic heterocycles. The van der Waals surface area contributed by atoms with E-state index >= 15 is 0 Å². The van der Waals surface area contributed by atoms with E-state index in [-0.39, 0.29) is 11.2 Å². The Kier molecular flexibility index (Phi) is 5.54. The van der Waals surface area contributed by atoms with Gasteiger partial charge in [0.1, 0.15) is 0 Å². The van der Waals surface area contributed by atoms with Crippen molar-refractivity contribution in [1.82, 2.24) is 4.90 Å². The molecule has 0 aromatic carbocycles. The van der Waals surface area contributed by atoms with Gasteiger partial charge < -0.3 is 0 Å². The monoisotopic (exact) mass is 185 g/mol. The van der Waals surface area contributed by atoms with Gasteiger partial charge in [-0.2, -0.15) is 12.6 Å². The highest BCUT2D eigenvalue weighted by molar-refractivity contribution is 7.81. The summed E-state index contributed by atoms with van der Waals surface area (Å²) in [7, 11) is 0. The molecule has 3 heteroatoms. The Bertz CT molecular complexity index is 185. The second-order valence-electron chi connectivity index (χ2n) is 2.39. The van der Waals surface area contributed by atoms with E-state index in [1.807, 2.05) is 26.0 Å². The van der Waals surface area contributed by atoms with E-state index in [0.29, 0.717) is 0 Å². The molecular weight excluding hydrogens is 170 g/mol. The third-order valence-corrected chi connectivity index (χ3v) is 1.45. The highest BCUT2D eigenvalue weighted by Crippen LogP contribution is 2.02. The van der Waals surface area contributed by atoms with Gasteiger partial charge in [0.2, 0.25) is 5.91 Å². The van der Waals surface area contributed by atoms with E-state index in [1.54, 1.807) is 19.3 Å². The molecule has 0 aliphatic rings. The van der Waals surface area contributed by atoms with Gasteiger partial charge in [0, 0.05) is 12.4 Å². The lowest BCUT2D eigenvalue weighted by Crippen LogP contribution is -2.26. The Morgan fingerprint density at radius 1 is 1.33 bits per heavy atom. The van der Waals surface area contributed by atoms with Crippen LogP contribution in [0.5, 0.6) is 0 Å². The first-order valence-corrected chi connectivity index (χ1v) is 4.41. The molecule has 0 fully saturated rings. The Balaban J connectivity index is 4.40. The molecule has 0 heterocycles. The maximum atomic E-state index is 11.4. The van der Waals surface area contributed by atoms with E-state index in [1.165, 1.54) is 4.90 Å². The molecule has 0 aromatic rings. The van der Waals surface area contributed by atoms with Crippen molar-refractivity contribution in [2.45, 2.75) is 26.0 Å². The number of amides is 1. The average molecular weight is 185 g/mol. The van der Waals surface area contributed by atoms with Crippen molar-refractivity contribution in [2.24, 2.45) is 0 Å². The van der Waals surface area contributed by atoms with Crippen molar-refractivity contribution in [2.75, 3.05) is 0 Å². The highest BCUT2D eigenvalue weighted by Gasteiger charge is 2.11. The molecule has 1 amide bonds. The van der Waals surface area contributed by atoms with Crippen molar-refractivity contribution in [1.29, 1.82) is 0 Å². The number of rotatable bonds is 3. The molecular formula is C9H15NOS. The van der Waals surface area contributed by atoms with Gasteiger partial charge >= 0.3 is 0 Å². The van der Waals surface area contributed by atoms with Gasteiger partial charge in [-0.05, 0) is 20.8 Å². The fourth-order valence-electron chi connectivity index (χ4n) is 0.734. The smallest absolute Gasteiger partial charge is 0.243 e. The fourth-order valence-corrected chi connectivity index (χ4v) is 0.867. The van der Waals surface area contributed by atoms with Crippen LogP contribution in [-0.2, 0) is 4.79 Å². The SMILES string of the molecule is C/C=C\N(/C=C\C)C(=O)C(C)S. The van der Waals surface area contributed by atoms with Crippen LogP contribution in [0.25, 0.3) is 0 Å². The highest BCUT2D eigenvalue weighted by atomic mass is 32.1. The minimum atomic E-state index is -0.266. The Labute approximate surface area is 79.4 Å². The quantitative estimate of drug-likeness (QED) is 0.668. The number of carbonyl (C=O) groups is 1. The van der Waals surface area contributed by atoms with E-state index in [9.17, 15) is 4.79 Å². The van der Waals surface area contributed by atoms with Gasteiger partial charge in [0.15, 0.2) is 0 Å². The number of carbonyl (C=O) groups excluding carboxylic acids is 1. The molecule has 1 unspecified atom stereocenters. The number of allylic oxidation sites excluding steroid dienone is 2. The van der Waals surface area contributed by atoms with Gasteiger partial charge in [-0.3, -0.25) is 9.69 Å². The zero-order valence-electron chi connectivity index (χ0n) is 7.69. The van der Waals surface area contributed by atoms with Crippen molar-refractivity contribution in [3.63, 3.8) is 0 Å². The van der Waals surface area contributed by atoms with E-state index in [4.69, 9.17) is 0 Å². The number of hydrogen-bond donors (Lipinski definition) is 1. The molecule has 0 saturated heterocycles. The lowest BCUT2D eigenvalue weighted by Gasteiger charge is -2.14. The number of thiol groups is 1. The second-order valence-corrected chi connectivity index (χ2v) is 3.16. The summed E-state index contributed by atoms with van der Waals surface area (Å²) in [5, 5.41) is -0.266. The lowest BCUT2D eigenvalue weighted by atomic mass is 10.4. The molecule has 0 rings (SSSR count). The van der Waals surface area contributed by atoms with Crippen LogP contribution >= 0.6 is 12.6 Å². The summed E-state index contributed by atoms with van der Waals surface area (Å²) >= 11 is 4.06. The van der Waals surface area contributed by atoms with Gasteiger partial charge in [-0.15, -0.1) is 0 Å². The summed E-state index contributed by atoms with van der Waals surface area (Å²) in [5.41, 5.74) is 0. The van der Waals surface area contributed by atoms with Gasteiger partial charge in [0.05, 0.1) is 5.25 Å². The topological polar surface area (TPSA) is 20.3 Å². The van der Waals surface area contributed by atoms with Gasteiger partial charge in [0.25, 0.3) is 0 Å². The number of hydrogen-bond acceptors (Lipinski definition) is 2. The van der Waals surface area contributed by atoms with Crippen LogP contribution in [0.4, 0.5) is 0 Å². The molecule has 0 N–H and O–H groups in total. The zero-order chi connectivity index (χ0) is 9.56. The lowest BCUT2D eigenvalue weighted by molar-refractivity contribution is -0.125. The van der Waals surface area contributed by atoms with Crippen LogP contribution in [0.1, 0.15) is 20.8 Å². The molecule has 0 bridgehead atoms. The van der Waals surface area contributed by atoms with Gasteiger partial charge in [-0.1, -0.05) is 12.2 Å². The zero-order valence-corrected chi connectivity index (χ0v) is 8.58. The summed E-state index contributed by atoms with van der Waals surface area (Å²) in [6.45, 7) is 5.49. The van der Waals surface area contributed by atoms with Crippen LogP contribution in [-0.4, -0.2) is 16.1 Å². The molecule has 0 aliphatic carbocycles. The molecule has 68 valence electrons. The minimum absolute atomic E-state index is 0.0190. The Morgan fingerprint density at radius 3 is 2.00 bits per heavy atom. The third-order valence-electron chi connectivity index (χ3n) is 1.23. The van der Waals surface area contributed by atoms with Crippen molar-refractivity contribution >= 4 is 18.5 Å². The minimum Gasteiger partial charge on any atom is -0.294 e. The molecule has 0 saturated carbocycles. The van der Waals surface area contributed by atoms with Gasteiger partial charge in [-0.25, -0.2) is 0 Å². The van der Waals surface area contributed by atoms with Crippen LogP contribution in [0.2, 0.25) is 0 Å². The third kappa shape index (κ3) is 3.62. The standard InChI is InChI=1S/C9H15NOS/c1-4-6-10(7-5-2)9(11)8(3)12/h4-8,12H,1-3H3/b6-4-,7-5-. The largest absolute Gasteiger partial charge is 0.294 e. The number of nitrogens with zero attached hydrogens (tertiary/aromatic N) is 1. The van der Waals surface area contributed by atoms with Crippen molar-refractivity contribution in [3.05, 3.63) is 24.6 Å². The summed E-state index contributed by atoms with van der Waals surface area (Å²) in [5.74, 6) is -0.0190. The van der Waals surface area contributed by atoms with Crippen LogP contribution in [0, 0.1) is 0 Å². The van der Waals surface area contributed by atoms with E-state index in [0.717, 1.165) is 0 Å². The van der Waals surface area contributed by atoms with Crippen molar-refractivity contribution < 1.29 is 4.79 Å². The van der Waals surface area contributed by atoms with Crippen LogP contribution in [0.15, 0.2) is 24.6 Å². The Hall–Kier alpha value is -0.700. The summed E-state index contributed by atoms with van der Waals surface area (Å²) < 4.78 is 0. The summed E-state index contributed by atoms with van der Waals surface area (Å²) in [4.78, 5) is 12.9. The molecule has 0 radical (unpaired) electrons. The second kappa shape index (κ2) is 5.89. The summed E-state index contributed by atoms with van der Waals surface area (Å²) in [6, 6.07) is 0. The Morgan fingerprint density at radius 2 is 1.75 bits per heavy atom. The maximum absolute atomic E-state index is 11.4. The molecule has 12 heavy (non-hydrogen) atoms. The normalized spacial score (nSPS) is 14.0. The molecule has 1 atom stereocenters. The van der Waals surface area contributed by atoms with E-state index < -0.39 is 0 Å². The first kappa shape index (κ1) is 11.3.